The lowest BCUT2D eigenvalue weighted by molar-refractivity contribution is -0.717. The summed E-state index contributed by atoms with van der Waals surface area (Å²) in [4.78, 5) is 17.3. The van der Waals surface area contributed by atoms with Crippen molar-refractivity contribution in [2.75, 3.05) is 0 Å². The number of benzene rings is 1. The Morgan fingerprint density at radius 2 is 1.80 bits per heavy atom. The molecule has 0 unspecified atom stereocenters. The number of nitrogens with two attached hydrogens (primary N) is 1. The summed E-state index contributed by atoms with van der Waals surface area (Å²) in [6.07, 6.45) is 6.80. The van der Waals surface area contributed by atoms with E-state index >= 15 is 0 Å². The van der Waals surface area contributed by atoms with Crippen LogP contribution in [0.15, 0.2) is 53.3 Å². The Bertz CT molecular complexity index is 1050. The highest BCUT2D eigenvalue weighted by molar-refractivity contribution is 5.40. The summed E-state index contributed by atoms with van der Waals surface area (Å²) < 4.78 is 1.67. The minimum atomic E-state index is -0.000526. The molecule has 2 aromatic heterocycles. The lowest BCUT2D eigenvalue weighted by atomic mass is 9.83. The largest absolute Gasteiger partial charge is 0.335 e. The molecule has 2 heterocycles. The molecule has 0 saturated heterocycles. The number of nitrogens with zero attached hydrogens (tertiary/aromatic N) is 2. The third kappa shape index (κ3) is 4.49. The average molecular weight is 405 g/mol. The quantitative estimate of drug-likeness (QED) is 0.657. The fraction of sp³-hybridized carbons (Fsp3) is 0.462. The molecule has 4 nitrogen and oxygen atoms in total. The summed E-state index contributed by atoms with van der Waals surface area (Å²) in [6.45, 7) is 7.17. The van der Waals surface area contributed by atoms with Crippen LogP contribution >= 0.6 is 0 Å². The first-order chi connectivity index (χ1) is 14.5. The van der Waals surface area contributed by atoms with Crippen molar-refractivity contribution in [2.24, 2.45) is 5.92 Å². The number of fused-ring (bicyclic) bond motifs is 1. The first-order valence-electron chi connectivity index (χ1n) is 11.4. The van der Waals surface area contributed by atoms with Crippen LogP contribution in [0.25, 0.3) is 5.65 Å². The third-order valence-electron chi connectivity index (χ3n) is 6.63. The van der Waals surface area contributed by atoms with E-state index in [4.69, 9.17) is 4.98 Å². The van der Waals surface area contributed by atoms with E-state index < -0.39 is 0 Å². The van der Waals surface area contributed by atoms with Crippen LogP contribution in [0.1, 0.15) is 80.4 Å². The molecule has 0 bridgehead atoms. The molecule has 1 aliphatic rings. The highest BCUT2D eigenvalue weighted by Crippen LogP contribution is 2.33. The second-order valence-corrected chi connectivity index (χ2v) is 9.16. The number of quaternary nitrogens is 1. The SMILES string of the molecule is Cc1cccc2nc(C[NH2+][C@H](c3ccc(C4CCCCC4)cc3)C(C)C)cc(=O)n12. The molecule has 1 atom stereocenters. The molecule has 1 aliphatic carbocycles. The molecule has 4 rings (SSSR count). The summed E-state index contributed by atoms with van der Waals surface area (Å²) in [5, 5.41) is 2.33. The van der Waals surface area contributed by atoms with Crippen LogP contribution in [0.3, 0.4) is 0 Å². The van der Waals surface area contributed by atoms with E-state index in [1.165, 1.54) is 43.2 Å². The molecular formula is C26H34N3O+. The van der Waals surface area contributed by atoms with E-state index in [1.807, 2.05) is 25.1 Å². The Morgan fingerprint density at radius 3 is 2.50 bits per heavy atom. The molecule has 158 valence electrons. The van der Waals surface area contributed by atoms with Gasteiger partial charge in [0.15, 0.2) is 0 Å². The van der Waals surface area contributed by atoms with Crippen LogP contribution in [0, 0.1) is 12.8 Å². The fourth-order valence-corrected chi connectivity index (χ4v) is 4.94. The number of aromatic nitrogens is 2. The van der Waals surface area contributed by atoms with E-state index in [0.717, 1.165) is 23.0 Å². The lowest BCUT2D eigenvalue weighted by Crippen LogP contribution is -2.84. The van der Waals surface area contributed by atoms with Gasteiger partial charge in [-0.05, 0) is 43.4 Å². The van der Waals surface area contributed by atoms with Crippen molar-refractivity contribution in [1.82, 2.24) is 9.38 Å². The topological polar surface area (TPSA) is 51.0 Å². The van der Waals surface area contributed by atoms with Gasteiger partial charge >= 0.3 is 0 Å². The van der Waals surface area contributed by atoms with Crippen molar-refractivity contribution in [3.63, 3.8) is 0 Å². The molecule has 0 radical (unpaired) electrons. The molecule has 1 saturated carbocycles. The zero-order valence-corrected chi connectivity index (χ0v) is 18.5. The highest BCUT2D eigenvalue weighted by Gasteiger charge is 2.21. The van der Waals surface area contributed by atoms with E-state index in [2.05, 4.69) is 43.4 Å². The van der Waals surface area contributed by atoms with Gasteiger partial charge in [-0.1, -0.05) is 63.4 Å². The minimum absolute atomic E-state index is 0.000526. The molecule has 0 spiro atoms. The van der Waals surface area contributed by atoms with Gasteiger partial charge in [-0.3, -0.25) is 9.20 Å². The van der Waals surface area contributed by atoms with Crippen LogP contribution < -0.4 is 10.9 Å². The number of aryl methyl sites for hydroxylation is 1. The smallest absolute Gasteiger partial charge is 0.258 e. The maximum atomic E-state index is 12.6. The zero-order valence-electron chi connectivity index (χ0n) is 18.5. The predicted octanol–water partition coefficient (Wildman–Crippen LogP) is 4.51. The highest BCUT2D eigenvalue weighted by atomic mass is 16.1. The molecule has 0 aliphatic heterocycles. The summed E-state index contributed by atoms with van der Waals surface area (Å²) >= 11 is 0. The maximum absolute atomic E-state index is 12.6. The first-order valence-corrected chi connectivity index (χ1v) is 11.4. The monoisotopic (exact) mass is 404 g/mol. The first kappa shape index (κ1) is 20.8. The predicted molar refractivity (Wildman–Crippen MR) is 122 cm³/mol. The Kier molecular flexibility index (Phi) is 6.33. The van der Waals surface area contributed by atoms with E-state index in [9.17, 15) is 4.79 Å². The van der Waals surface area contributed by atoms with Gasteiger partial charge in [0.25, 0.3) is 5.56 Å². The van der Waals surface area contributed by atoms with Crippen LogP contribution in [-0.2, 0) is 6.54 Å². The second kappa shape index (κ2) is 9.13. The van der Waals surface area contributed by atoms with Crippen LogP contribution in [-0.4, -0.2) is 9.38 Å². The van der Waals surface area contributed by atoms with Gasteiger partial charge in [-0.15, -0.1) is 0 Å². The number of pyridine rings is 1. The molecule has 1 aromatic carbocycles. The molecular weight excluding hydrogens is 370 g/mol. The molecule has 3 aromatic rings. The Balaban J connectivity index is 1.50. The van der Waals surface area contributed by atoms with Gasteiger partial charge < -0.3 is 5.32 Å². The van der Waals surface area contributed by atoms with Crippen molar-refractivity contribution in [1.29, 1.82) is 0 Å². The number of rotatable bonds is 6. The van der Waals surface area contributed by atoms with Crippen LogP contribution in [0.4, 0.5) is 0 Å². The van der Waals surface area contributed by atoms with Gasteiger partial charge in [0.05, 0.1) is 0 Å². The van der Waals surface area contributed by atoms with E-state index in [1.54, 1.807) is 10.5 Å². The maximum Gasteiger partial charge on any atom is 0.258 e. The van der Waals surface area contributed by atoms with Gasteiger partial charge in [-0.2, -0.15) is 0 Å². The standard InChI is InChI=1S/C26H33N3O/c1-18(2)26(22-14-12-21(13-15-22)20-9-5-4-6-10-20)27-17-23-16-25(30)29-19(3)8-7-11-24(29)28-23/h7-8,11-16,18,20,26-27H,4-6,9-10,17H2,1-3H3/p+1/t26-/m0/s1. The van der Waals surface area contributed by atoms with Crippen LogP contribution in [0.2, 0.25) is 0 Å². The van der Waals surface area contributed by atoms with Crippen LogP contribution in [0.5, 0.6) is 0 Å². The summed E-state index contributed by atoms with van der Waals surface area (Å²) in [5.41, 5.74) is 5.34. The van der Waals surface area contributed by atoms with Crippen molar-refractivity contribution < 1.29 is 5.32 Å². The Hall–Kier alpha value is -2.46. The van der Waals surface area contributed by atoms with Gasteiger partial charge in [0, 0.05) is 23.2 Å². The molecule has 1 fully saturated rings. The average Bonchev–Trinajstić information content (AvgIpc) is 2.74. The minimum Gasteiger partial charge on any atom is -0.335 e. The van der Waals surface area contributed by atoms with Crippen molar-refractivity contribution in [3.8, 4) is 0 Å². The molecule has 2 N–H and O–H groups in total. The summed E-state index contributed by atoms with van der Waals surface area (Å²) in [7, 11) is 0. The van der Waals surface area contributed by atoms with Crippen molar-refractivity contribution >= 4 is 5.65 Å². The van der Waals surface area contributed by atoms with Crippen molar-refractivity contribution in [2.45, 2.75) is 71.4 Å². The fourth-order valence-electron chi connectivity index (χ4n) is 4.94. The summed E-state index contributed by atoms with van der Waals surface area (Å²) in [5.74, 6) is 1.24. The Labute approximate surface area is 179 Å². The third-order valence-corrected chi connectivity index (χ3v) is 6.63. The molecule has 4 heteroatoms. The second-order valence-electron chi connectivity index (χ2n) is 9.16. The van der Waals surface area contributed by atoms with E-state index in [-0.39, 0.29) is 5.56 Å². The van der Waals surface area contributed by atoms with Gasteiger partial charge in [-0.25, -0.2) is 4.98 Å². The van der Waals surface area contributed by atoms with E-state index in [0.29, 0.717) is 18.5 Å². The summed E-state index contributed by atoms with van der Waals surface area (Å²) in [6, 6.07) is 17.2. The van der Waals surface area contributed by atoms with Crippen molar-refractivity contribution in [3.05, 3.63) is 81.4 Å². The van der Waals surface area contributed by atoms with Gasteiger partial charge in [0.2, 0.25) is 0 Å². The number of hydrogen-bond acceptors (Lipinski definition) is 2. The Morgan fingerprint density at radius 1 is 1.07 bits per heavy atom. The lowest BCUT2D eigenvalue weighted by Gasteiger charge is -2.23. The zero-order chi connectivity index (χ0) is 21.1. The van der Waals surface area contributed by atoms with Gasteiger partial charge in [0.1, 0.15) is 23.9 Å². The molecule has 30 heavy (non-hydrogen) atoms. The molecule has 0 amide bonds. The number of hydrogen-bond donors (Lipinski definition) is 1. The normalized spacial score (nSPS) is 16.3.